The van der Waals surface area contributed by atoms with Crippen molar-refractivity contribution in [2.24, 2.45) is 7.05 Å². The van der Waals surface area contributed by atoms with E-state index in [0.29, 0.717) is 11.7 Å². The van der Waals surface area contributed by atoms with Crippen LogP contribution in [-0.4, -0.2) is 46.3 Å². The van der Waals surface area contributed by atoms with Crippen LogP contribution in [0.4, 0.5) is 0 Å². The average Bonchev–Trinajstić information content (AvgIpc) is 3.24. The maximum Gasteiger partial charge on any atom is 0.272 e. The highest BCUT2D eigenvalue weighted by molar-refractivity contribution is 7.10. The van der Waals surface area contributed by atoms with Crippen LogP contribution in [0.1, 0.15) is 53.5 Å². The number of aryl methyl sites for hydroxylation is 2. The number of aromatic nitrogens is 2. The molecule has 2 aromatic heterocycles. The molecule has 1 saturated heterocycles. The molecule has 2 aromatic rings. The van der Waals surface area contributed by atoms with Crippen molar-refractivity contribution >= 4 is 17.2 Å². The van der Waals surface area contributed by atoms with Gasteiger partial charge in [-0.25, -0.2) is 0 Å². The van der Waals surface area contributed by atoms with Gasteiger partial charge in [0.1, 0.15) is 0 Å². The number of carbonyl (C=O) groups excluding carboxylic acids is 1. The highest BCUT2D eigenvalue weighted by Gasteiger charge is 2.27. The highest BCUT2D eigenvalue weighted by Crippen LogP contribution is 2.37. The van der Waals surface area contributed by atoms with Crippen LogP contribution in [0.15, 0.2) is 11.4 Å². The zero-order valence-corrected chi connectivity index (χ0v) is 16.6. The molecule has 1 amide bonds. The summed E-state index contributed by atoms with van der Waals surface area (Å²) in [5.41, 5.74) is 4.11. The molecule has 2 aliphatic rings. The average molecular weight is 373 g/mol. The zero-order chi connectivity index (χ0) is 18.1. The standard InChI is InChI=1S/C20H28N4OS/c1-14-6-3-4-11-24(14)12-5-10-21-20(25)18-16-7-8-17-15(9-13-26-17)19(16)23(2)22-18/h9,13-14H,3-8,10-12H2,1-2H3,(H,21,25). The van der Waals surface area contributed by atoms with Crippen LogP contribution in [0.5, 0.6) is 0 Å². The smallest absolute Gasteiger partial charge is 0.272 e. The molecule has 1 unspecified atom stereocenters. The maximum atomic E-state index is 12.7. The van der Waals surface area contributed by atoms with E-state index in [2.05, 4.69) is 33.7 Å². The van der Waals surface area contributed by atoms with Crippen molar-refractivity contribution in [3.63, 3.8) is 0 Å². The fourth-order valence-electron chi connectivity index (χ4n) is 4.37. The lowest BCUT2D eigenvalue weighted by Gasteiger charge is -2.33. The van der Waals surface area contributed by atoms with E-state index in [1.807, 2.05) is 11.7 Å². The van der Waals surface area contributed by atoms with E-state index in [9.17, 15) is 4.79 Å². The Hall–Kier alpha value is -1.66. The Kier molecular flexibility index (Phi) is 5.14. The molecule has 1 aliphatic heterocycles. The van der Waals surface area contributed by atoms with Gasteiger partial charge in [0, 0.05) is 42.2 Å². The predicted molar refractivity (Wildman–Crippen MR) is 106 cm³/mol. The summed E-state index contributed by atoms with van der Waals surface area (Å²) >= 11 is 1.80. The third-order valence-electron chi connectivity index (χ3n) is 5.81. The van der Waals surface area contributed by atoms with Gasteiger partial charge in [-0.05, 0) is 57.0 Å². The Morgan fingerprint density at radius 3 is 3.12 bits per heavy atom. The van der Waals surface area contributed by atoms with Crippen LogP contribution < -0.4 is 5.32 Å². The molecular formula is C20H28N4OS. The van der Waals surface area contributed by atoms with E-state index >= 15 is 0 Å². The number of nitrogens with one attached hydrogen (secondary N) is 1. The summed E-state index contributed by atoms with van der Waals surface area (Å²) in [6.07, 6.45) is 6.88. The topological polar surface area (TPSA) is 50.2 Å². The molecule has 1 aliphatic carbocycles. The number of nitrogens with zero attached hydrogens (tertiary/aromatic N) is 3. The van der Waals surface area contributed by atoms with Gasteiger partial charge >= 0.3 is 0 Å². The molecule has 0 aromatic carbocycles. The van der Waals surface area contributed by atoms with Crippen LogP contribution in [0, 0.1) is 0 Å². The first-order valence-corrected chi connectivity index (χ1v) is 10.7. The molecular weight excluding hydrogens is 344 g/mol. The van der Waals surface area contributed by atoms with Crippen molar-refractivity contribution in [1.82, 2.24) is 20.0 Å². The fourth-order valence-corrected chi connectivity index (χ4v) is 5.25. The second kappa shape index (κ2) is 7.53. The molecule has 1 fully saturated rings. The van der Waals surface area contributed by atoms with Crippen molar-refractivity contribution < 1.29 is 4.79 Å². The first-order chi connectivity index (χ1) is 12.6. The molecule has 4 rings (SSSR count). The summed E-state index contributed by atoms with van der Waals surface area (Å²) in [6, 6.07) is 2.84. The summed E-state index contributed by atoms with van der Waals surface area (Å²) in [7, 11) is 1.94. The van der Waals surface area contributed by atoms with E-state index in [-0.39, 0.29) is 5.91 Å². The van der Waals surface area contributed by atoms with Gasteiger partial charge in [-0.3, -0.25) is 9.48 Å². The Morgan fingerprint density at radius 2 is 2.27 bits per heavy atom. The second-order valence-electron chi connectivity index (χ2n) is 7.55. The Labute approximate surface area is 159 Å². The Balaban J connectivity index is 1.37. The third kappa shape index (κ3) is 3.32. The highest BCUT2D eigenvalue weighted by atomic mass is 32.1. The molecule has 0 bridgehead atoms. The number of carbonyl (C=O) groups is 1. The van der Waals surface area contributed by atoms with Gasteiger partial charge in [-0.1, -0.05) is 6.42 Å². The number of piperidine rings is 1. The van der Waals surface area contributed by atoms with Crippen molar-refractivity contribution in [3.05, 3.63) is 27.6 Å². The monoisotopic (exact) mass is 372 g/mol. The molecule has 6 heteroatoms. The molecule has 1 atom stereocenters. The summed E-state index contributed by atoms with van der Waals surface area (Å²) in [4.78, 5) is 16.7. The number of amides is 1. The summed E-state index contributed by atoms with van der Waals surface area (Å²) < 4.78 is 1.88. The first-order valence-electron chi connectivity index (χ1n) is 9.80. The molecule has 0 radical (unpaired) electrons. The van der Waals surface area contributed by atoms with Crippen molar-refractivity contribution in [2.75, 3.05) is 19.6 Å². The molecule has 0 spiro atoms. The van der Waals surface area contributed by atoms with Gasteiger partial charge in [0.15, 0.2) is 5.69 Å². The number of fused-ring (bicyclic) bond motifs is 3. The van der Waals surface area contributed by atoms with Gasteiger partial charge in [-0.2, -0.15) is 5.10 Å². The van der Waals surface area contributed by atoms with Crippen LogP contribution in [-0.2, 0) is 19.9 Å². The van der Waals surface area contributed by atoms with E-state index in [1.54, 1.807) is 11.3 Å². The SMILES string of the molecule is CC1CCCCN1CCCNC(=O)c1nn(C)c2c1CCc1sccc1-2. The lowest BCUT2D eigenvalue weighted by Crippen LogP contribution is -2.39. The fraction of sp³-hybridized carbons (Fsp3) is 0.600. The van der Waals surface area contributed by atoms with Crippen molar-refractivity contribution in [2.45, 2.75) is 51.5 Å². The minimum absolute atomic E-state index is 0.0211. The lowest BCUT2D eigenvalue weighted by molar-refractivity contribution is 0.0942. The van der Waals surface area contributed by atoms with Gasteiger partial charge in [0.05, 0.1) is 5.69 Å². The van der Waals surface area contributed by atoms with E-state index < -0.39 is 0 Å². The summed E-state index contributed by atoms with van der Waals surface area (Å²) in [5, 5.41) is 9.78. The van der Waals surface area contributed by atoms with Crippen molar-refractivity contribution in [1.29, 1.82) is 0 Å². The third-order valence-corrected chi connectivity index (χ3v) is 6.79. The number of hydrogen-bond donors (Lipinski definition) is 1. The van der Waals surface area contributed by atoms with E-state index in [4.69, 9.17) is 0 Å². The number of thiophene rings is 1. The quantitative estimate of drug-likeness (QED) is 0.820. The van der Waals surface area contributed by atoms with Gasteiger partial charge in [0.25, 0.3) is 5.91 Å². The van der Waals surface area contributed by atoms with E-state index in [1.165, 1.54) is 36.2 Å². The van der Waals surface area contributed by atoms with E-state index in [0.717, 1.165) is 43.6 Å². The van der Waals surface area contributed by atoms with Gasteiger partial charge < -0.3 is 10.2 Å². The molecule has 1 N–H and O–H groups in total. The maximum absolute atomic E-state index is 12.7. The van der Waals surface area contributed by atoms with Crippen molar-refractivity contribution in [3.8, 4) is 11.3 Å². The van der Waals surface area contributed by atoms with Gasteiger partial charge in [0.2, 0.25) is 0 Å². The molecule has 0 saturated carbocycles. The molecule has 26 heavy (non-hydrogen) atoms. The molecule has 3 heterocycles. The summed E-state index contributed by atoms with van der Waals surface area (Å²) in [5.74, 6) is -0.0211. The van der Waals surface area contributed by atoms with Crippen LogP contribution in [0.25, 0.3) is 11.3 Å². The van der Waals surface area contributed by atoms with Crippen LogP contribution in [0.2, 0.25) is 0 Å². The summed E-state index contributed by atoms with van der Waals surface area (Å²) in [6.45, 7) is 5.31. The first kappa shape index (κ1) is 17.7. The minimum atomic E-state index is -0.0211. The molecule has 5 nitrogen and oxygen atoms in total. The number of hydrogen-bond acceptors (Lipinski definition) is 4. The normalized spacial score (nSPS) is 19.8. The van der Waals surface area contributed by atoms with Gasteiger partial charge in [-0.15, -0.1) is 11.3 Å². The Bertz CT molecular complexity index is 794. The minimum Gasteiger partial charge on any atom is -0.351 e. The number of likely N-dealkylation sites (tertiary alicyclic amines) is 1. The lowest BCUT2D eigenvalue weighted by atomic mass is 9.94. The Morgan fingerprint density at radius 1 is 1.38 bits per heavy atom. The van der Waals surface area contributed by atoms with Crippen LogP contribution >= 0.6 is 11.3 Å². The largest absolute Gasteiger partial charge is 0.351 e. The zero-order valence-electron chi connectivity index (χ0n) is 15.8. The molecule has 140 valence electrons. The second-order valence-corrected chi connectivity index (χ2v) is 8.55. The predicted octanol–water partition coefficient (Wildman–Crippen LogP) is 3.24. The number of rotatable bonds is 5. The van der Waals surface area contributed by atoms with Crippen LogP contribution in [0.3, 0.4) is 0 Å².